The molecule has 1 aliphatic heterocycles. The number of thioether (sulfide) groups is 1. The number of anilines is 1. The number of nitrogens with two attached hydrogens (primary N) is 1. The van der Waals surface area contributed by atoms with Crippen LogP contribution in [0, 0.1) is 0 Å². The molecule has 1 aliphatic rings. The van der Waals surface area contributed by atoms with E-state index in [9.17, 15) is 4.79 Å². The molecule has 0 spiro atoms. The van der Waals surface area contributed by atoms with Crippen LogP contribution < -0.4 is 15.8 Å². The number of primary amides is 1. The van der Waals surface area contributed by atoms with Gasteiger partial charge in [-0.2, -0.15) is 4.98 Å². The average molecular weight is 359 g/mol. The van der Waals surface area contributed by atoms with E-state index >= 15 is 0 Å². The van der Waals surface area contributed by atoms with Gasteiger partial charge in [0.15, 0.2) is 0 Å². The van der Waals surface area contributed by atoms with Crippen molar-refractivity contribution in [2.45, 2.75) is 32.0 Å². The molecule has 0 fully saturated rings. The molecule has 0 radical (unpaired) electrons. The van der Waals surface area contributed by atoms with Crippen LogP contribution in [0.4, 0.5) is 5.95 Å². The normalized spacial score (nSPS) is 16.4. The summed E-state index contributed by atoms with van der Waals surface area (Å²) in [6.07, 6.45) is 0. The number of aromatic nitrogens is 3. The molecule has 1 amide bonds. The monoisotopic (exact) mass is 359 g/mol. The van der Waals surface area contributed by atoms with Crippen LogP contribution in [0.1, 0.15) is 32.4 Å². The van der Waals surface area contributed by atoms with Gasteiger partial charge in [-0.3, -0.25) is 4.79 Å². The number of carbonyl (C=O) groups excluding carboxylic acids is 1. The molecule has 132 valence electrons. The van der Waals surface area contributed by atoms with Gasteiger partial charge in [0.2, 0.25) is 17.0 Å². The van der Waals surface area contributed by atoms with Gasteiger partial charge in [-0.25, -0.2) is 4.68 Å². The van der Waals surface area contributed by atoms with E-state index in [1.54, 1.807) is 16.4 Å². The number of allylic oxidation sites excluding steroid dienone is 1. The lowest BCUT2D eigenvalue weighted by atomic mass is 9.94. The number of nitrogens with zero attached hydrogens (tertiary/aromatic N) is 3. The Hall–Kier alpha value is -2.48. The van der Waals surface area contributed by atoms with Crippen LogP contribution in [-0.4, -0.2) is 33.0 Å². The zero-order valence-corrected chi connectivity index (χ0v) is 15.3. The molecule has 0 bridgehead atoms. The fourth-order valence-corrected chi connectivity index (χ4v) is 3.48. The maximum absolute atomic E-state index is 12.2. The molecule has 1 aromatic heterocycles. The minimum Gasteiger partial charge on any atom is -0.494 e. The van der Waals surface area contributed by atoms with Crippen molar-refractivity contribution >= 4 is 23.6 Å². The molecule has 7 nitrogen and oxygen atoms in total. The molecule has 0 saturated carbocycles. The first-order valence-corrected chi connectivity index (χ1v) is 9.14. The van der Waals surface area contributed by atoms with Gasteiger partial charge in [0.1, 0.15) is 11.8 Å². The Kier molecular flexibility index (Phi) is 4.98. The number of rotatable bonds is 6. The number of hydrogen-bond donors (Lipinski definition) is 2. The first-order valence-electron chi connectivity index (χ1n) is 8.15. The zero-order valence-electron chi connectivity index (χ0n) is 14.4. The highest BCUT2D eigenvalue weighted by Crippen LogP contribution is 2.39. The van der Waals surface area contributed by atoms with Crippen molar-refractivity contribution in [3.63, 3.8) is 0 Å². The Morgan fingerprint density at radius 3 is 2.84 bits per heavy atom. The number of carbonyl (C=O) groups is 1. The van der Waals surface area contributed by atoms with E-state index in [1.165, 1.54) is 0 Å². The van der Waals surface area contributed by atoms with Crippen molar-refractivity contribution in [2.75, 3.05) is 17.7 Å². The number of amides is 1. The molecule has 25 heavy (non-hydrogen) atoms. The van der Waals surface area contributed by atoms with E-state index in [1.807, 2.05) is 45.0 Å². The smallest absolute Gasteiger partial charge is 0.248 e. The number of nitrogens with one attached hydrogen (secondary N) is 1. The van der Waals surface area contributed by atoms with Crippen molar-refractivity contribution in [1.29, 1.82) is 0 Å². The van der Waals surface area contributed by atoms with Gasteiger partial charge in [0, 0.05) is 11.3 Å². The minimum absolute atomic E-state index is 0.456. The summed E-state index contributed by atoms with van der Waals surface area (Å²) in [6.45, 7) is 6.31. The van der Waals surface area contributed by atoms with Crippen LogP contribution in [0.5, 0.6) is 5.75 Å². The predicted molar refractivity (Wildman–Crippen MR) is 97.7 cm³/mol. The fraction of sp³-hybridized carbons (Fsp3) is 0.353. The molecule has 2 heterocycles. The lowest BCUT2D eigenvalue weighted by Gasteiger charge is -2.28. The summed E-state index contributed by atoms with van der Waals surface area (Å²) in [5.74, 6) is 1.66. The van der Waals surface area contributed by atoms with Crippen LogP contribution in [-0.2, 0) is 4.79 Å². The second-order valence-corrected chi connectivity index (χ2v) is 6.73. The van der Waals surface area contributed by atoms with Crippen molar-refractivity contribution in [2.24, 2.45) is 5.73 Å². The minimum atomic E-state index is -0.493. The maximum Gasteiger partial charge on any atom is 0.248 e. The molecule has 0 saturated heterocycles. The second-order valence-electron chi connectivity index (χ2n) is 5.50. The Morgan fingerprint density at radius 1 is 1.40 bits per heavy atom. The van der Waals surface area contributed by atoms with Crippen molar-refractivity contribution < 1.29 is 9.53 Å². The molecule has 2 aromatic rings. The molecule has 3 N–H and O–H groups in total. The van der Waals surface area contributed by atoms with Gasteiger partial charge in [-0.05, 0) is 25.7 Å². The molecule has 3 rings (SSSR count). The molecule has 0 aliphatic carbocycles. The van der Waals surface area contributed by atoms with Gasteiger partial charge in [-0.1, -0.05) is 36.9 Å². The number of ether oxygens (including phenoxy) is 1. The summed E-state index contributed by atoms with van der Waals surface area (Å²) in [4.78, 5) is 16.7. The first kappa shape index (κ1) is 17.3. The van der Waals surface area contributed by atoms with Crippen LogP contribution in [0.3, 0.4) is 0 Å². The van der Waals surface area contributed by atoms with Crippen molar-refractivity contribution in [3.8, 4) is 5.75 Å². The maximum atomic E-state index is 12.2. The zero-order chi connectivity index (χ0) is 18.0. The van der Waals surface area contributed by atoms with Gasteiger partial charge in [0.25, 0.3) is 0 Å². The Labute approximate surface area is 150 Å². The third-order valence-electron chi connectivity index (χ3n) is 3.89. The molecular weight excluding hydrogens is 338 g/mol. The molecular formula is C17H21N5O2S. The summed E-state index contributed by atoms with van der Waals surface area (Å²) in [7, 11) is 0. The fourth-order valence-electron chi connectivity index (χ4n) is 2.92. The SMILES string of the molecule is CCOc1ccccc1C1C(C(N)=O)=C(C)Nc2nc(SCC)nn21. The van der Waals surface area contributed by atoms with Crippen LogP contribution in [0.15, 0.2) is 40.7 Å². The van der Waals surface area contributed by atoms with E-state index in [0.29, 0.717) is 34.7 Å². The number of fused-ring (bicyclic) bond motifs is 1. The quantitative estimate of drug-likeness (QED) is 0.770. The summed E-state index contributed by atoms with van der Waals surface area (Å²) in [6, 6.07) is 7.14. The van der Waals surface area contributed by atoms with Crippen molar-refractivity contribution in [3.05, 3.63) is 41.1 Å². The number of para-hydroxylation sites is 1. The molecule has 1 aromatic carbocycles. The Morgan fingerprint density at radius 2 is 2.16 bits per heavy atom. The highest BCUT2D eigenvalue weighted by Gasteiger charge is 2.34. The standard InChI is InChI=1S/C17H21N5O2S/c1-4-24-12-9-7-6-8-11(12)14-13(15(18)23)10(3)19-16-20-17(25-5-2)21-22(14)16/h6-9,14H,4-5H2,1-3H3,(H2,18,23)(H,19,20,21). The average Bonchev–Trinajstić information content (AvgIpc) is 2.96. The van der Waals surface area contributed by atoms with E-state index in [-0.39, 0.29) is 0 Å². The lowest BCUT2D eigenvalue weighted by molar-refractivity contribution is -0.115. The Bertz CT molecular complexity index is 830. The predicted octanol–water partition coefficient (Wildman–Crippen LogP) is 2.56. The molecule has 1 unspecified atom stereocenters. The van der Waals surface area contributed by atoms with Crippen molar-refractivity contribution in [1.82, 2.24) is 14.8 Å². The van der Waals surface area contributed by atoms with Gasteiger partial charge >= 0.3 is 0 Å². The Balaban J connectivity index is 2.19. The van der Waals surface area contributed by atoms with Crippen LogP contribution in [0.2, 0.25) is 0 Å². The lowest BCUT2D eigenvalue weighted by Crippen LogP contribution is -2.32. The highest BCUT2D eigenvalue weighted by molar-refractivity contribution is 7.99. The third-order valence-corrected chi connectivity index (χ3v) is 4.61. The number of hydrogen-bond acceptors (Lipinski definition) is 6. The van der Waals surface area contributed by atoms with E-state index in [4.69, 9.17) is 10.5 Å². The topological polar surface area (TPSA) is 95.1 Å². The summed E-state index contributed by atoms with van der Waals surface area (Å²) in [5, 5.41) is 8.37. The van der Waals surface area contributed by atoms with Gasteiger partial charge in [0.05, 0.1) is 12.2 Å². The van der Waals surface area contributed by atoms with Gasteiger partial charge < -0.3 is 15.8 Å². The largest absolute Gasteiger partial charge is 0.494 e. The van der Waals surface area contributed by atoms with E-state index in [0.717, 1.165) is 11.3 Å². The van der Waals surface area contributed by atoms with Gasteiger partial charge in [-0.15, -0.1) is 5.10 Å². The second kappa shape index (κ2) is 7.18. The first-order chi connectivity index (χ1) is 12.1. The summed E-state index contributed by atoms with van der Waals surface area (Å²) >= 11 is 1.54. The summed E-state index contributed by atoms with van der Waals surface area (Å²) < 4.78 is 7.47. The molecule has 8 heteroatoms. The van der Waals surface area contributed by atoms with E-state index in [2.05, 4.69) is 15.4 Å². The highest BCUT2D eigenvalue weighted by atomic mass is 32.2. The number of benzene rings is 1. The third kappa shape index (κ3) is 3.21. The van der Waals surface area contributed by atoms with Crippen LogP contribution in [0.25, 0.3) is 0 Å². The van der Waals surface area contributed by atoms with E-state index < -0.39 is 11.9 Å². The molecule has 1 atom stereocenters. The summed E-state index contributed by atoms with van der Waals surface area (Å²) in [5.41, 5.74) is 7.65. The van der Waals surface area contributed by atoms with Crippen LogP contribution >= 0.6 is 11.8 Å².